The molecule has 0 N–H and O–H groups in total. The monoisotopic (exact) mass is 374 g/mol. The van der Waals surface area contributed by atoms with E-state index in [2.05, 4.69) is 11.1 Å². The van der Waals surface area contributed by atoms with Crippen molar-refractivity contribution in [2.45, 2.75) is 13.8 Å². The lowest BCUT2D eigenvalue weighted by Crippen LogP contribution is -2.22. The maximum Gasteiger partial charge on any atom is 0.274 e. The molecule has 0 unspecified atom stereocenters. The van der Waals surface area contributed by atoms with Gasteiger partial charge in [0.2, 0.25) is 0 Å². The third-order valence-electron chi connectivity index (χ3n) is 3.95. The van der Waals surface area contributed by atoms with Gasteiger partial charge in [-0.2, -0.15) is 0 Å². The molecule has 0 bridgehead atoms. The number of benzene rings is 2. The Bertz CT molecular complexity index is 1220. The molecule has 0 radical (unpaired) electrons. The first-order chi connectivity index (χ1) is 11.5. The lowest BCUT2D eigenvalue weighted by molar-refractivity contribution is 1.18. The standard InChI is InChI=1S/C18H12Cl2N2OS/c1-9-6-10(2)16-13(7-9)22-17(23)14(24-18(22)21-16)8-11-4-3-5-12(19)15(11)20/h3-8H,1-2H3/b14-8-. The van der Waals surface area contributed by atoms with E-state index >= 15 is 0 Å². The molecule has 0 amide bonds. The van der Waals surface area contributed by atoms with Gasteiger partial charge in [-0.3, -0.25) is 4.79 Å². The van der Waals surface area contributed by atoms with E-state index in [-0.39, 0.29) is 5.56 Å². The van der Waals surface area contributed by atoms with Gasteiger partial charge in [0.15, 0.2) is 4.96 Å². The number of thiazole rings is 1. The Morgan fingerprint density at radius 3 is 2.79 bits per heavy atom. The number of hydrogen-bond donors (Lipinski definition) is 0. The van der Waals surface area contributed by atoms with Crippen molar-refractivity contribution in [2.75, 3.05) is 0 Å². The number of rotatable bonds is 1. The second-order valence-corrected chi connectivity index (χ2v) is 7.53. The van der Waals surface area contributed by atoms with Gasteiger partial charge in [-0.05, 0) is 48.7 Å². The molecule has 6 heteroatoms. The fraction of sp³-hybridized carbons (Fsp3) is 0.111. The summed E-state index contributed by atoms with van der Waals surface area (Å²) in [5.74, 6) is 0. The van der Waals surface area contributed by atoms with Gasteiger partial charge < -0.3 is 0 Å². The topological polar surface area (TPSA) is 34.4 Å². The SMILES string of the molecule is Cc1cc(C)c2nc3s/c(=C\c4cccc(Cl)c4Cl)c(=O)n3c2c1. The number of nitrogens with zero attached hydrogens (tertiary/aromatic N) is 2. The van der Waals surface area contributed by atoms with Crippen molar-refractivity contribution in [3.8, 4) is 0 Å². The molecule has 0 saturated carbocycles. The van der Waals surface area contributed by atoms with Crippen LogP contribution in [0.1, 0.15) is 16.7 Å². The average molecular weight is 375 g/mol. The van der Waals surface area contributed by atoms with Crippen LogP contribution in [-0.4, -0.2) is 9.38 Å². The van der Waals surface area contributed by atoms with Crippen LogP contribution >= 0.6 is 34.5 Å². The minimum absolute atomic E-state index is 0.0847. The number of halogens is 2. The maximum absolute atomic E-state index is 12.9. The predicted octanol–water partition coefficient (Wildman–Crippen LogP) is 4.38. The molecule has 0 spiro atoms. The highest BCUT2D eigenvalue weighted by molar-refractivity contribution is 7.15. The first-order valence-corrected chi connectivity index (χ1v) is 8.91. The quantitative estimate of drug-likeness (QED) is 0.495. The minimum atomic E-state index is -0.0847. The normalized spacial score (nSPS) is 12.6. The first kappa shape index (κ1) is 15.6. The Kier molecular flexibility index (Phi) is 3.64. The average Bonchev–Trinajstić information content (AvgIpc) is 3.02. The van der Waals surface area contributed by atoms with E-state index < -0.39 is 0 Å². The summed E-state index contributed by atoms with van der Waals surface area (Å²) < 4.78 is 2.26. The van der Waals surface area contributed by atoms with E-state index in [0.717, 1.165) is 27.7 Å². The van der Waals surface area contributed by atoms with Crippen LogP contribution in [0.5, 0.6) is 0 Å². The summed E-state index contributed by atoms with van der Waals surface area (Å²) in [6.07, 6.45) is 1.77. The van der Waals surface area contributed by atoms with Crippen molar-refractivity contribution in [3.05, 3.63) is 72.0 Å². The van der Waals surface area contributed by atoms with Gasteiger partial charge in [-0.25, -0.2) is 9.38 Å². The Morgan fingerprint density at radius 2 is 2.00 bits per heavy atom. The molecule has 4 rings (SSSR count). The molecular weight excluding hydrogens is 363 g/mol. The summed E-state index contributed by atoms with van der Waals surface area (Å²) in [5, 5.41) is 0.914. The van der Waals surface area contributed by atoms with E-state index in [4.69, 9.17) is 23.2 Å². The number of aromatic nitrogens is 2. The Hall–Kier alpha value is -1.88. The molecule has 2 aromatic heterocycles. The summed E-state index contributed by atoms with van der Waals surface area (Å²) in [6.45, 7) is 4.02. The summed E-state index contributed by atoms with van der Waals surface area (Å²) >= 11 is 13.6. The molecule has 0 fully saturated rings. The zero-order valence-electron chi connectivity index (χ0n) is 12.9. The molecule has 3 nitrogen and oxygen atoms in total. The highest BCUT2D eigenvalue weighted by Gasteiger charge is 2.13. The third kappa shape index (κ3) is 2.34. The number of imidazole rings is 1. The molecule has 24 heavy (non-hydrogen) atoms. The van der Waals surface area contributed by atoms with E-state index in [9.17, 15) is 4.79 Å². The van der Waals surface area contributed by atoms with Crippen LogP contribution in [0.4, 0.5) is 0 Å². The Labute approximate surface area is 151 Å². The molecule has 0 atom stereocenters. The van der Waals surface area contributed by atoms with Crippen molar-refractivity contribution >= 4 is 56.6 Å². The molecular formula is C18H12Cl2N2OS. The van der Waals surface area contributed by atoms with Crippen LogP contribution in [0.15, 0.2) is 35.1 Å². The van der Waals surface area contributed by atoms with Crippen molar-refractivity contribution in [1.82, 2.24) is 9.38 Å². The van der Waals surface area contributed by atoms with Gasteiger partial charge in [-0.15, -0.1) is 0 Å². The lowest BCUT2D eigenvalue weighted by atomic mass is 10.1. The smallest absolute Gasteiger partial charge is 0.267 e. The van der Waals surface area contributed by atoms with Crippen LogP contribution < -0.4 is 10.1 Å². The van der Waals surface area contributed by atoms with Gasteiger partial charge >= 0.3 is 0 Å². The van der Waals surface area contributed by atoms with E-state index in [1.807, 2.05) is 32.0 Å². The highest BCUT2D eigenvalue weighted by Crippen LogP contribution is 2.26. The molecule has 4 aromatic rings. The molecule has 2 heterocycles. The minimum Gasteiger partial charge on any atom is -0.267 e. The van der Waals surface area contributed by atoms with E-state index in [1.54, 1.807) is 16.5 Å². The van der Waals surface area contributed by atoms with Crippen molar-refractivity contribution < 1.29 is 0 Å². The van der Waals surface area contributed by atoms with Crippen molar-refractivity contribution in [2.24, 2.45) is 0 Å². The largest absolute Gasteiger partial charge is 0.274 e. The van der Waals surface area contributed by atoms with Gasteiger partial charge in [0, 0.05) is 0 Å². The number of fused-ring (bicyclic) bond motifs is 3. The molecule has 120 valence electrons. The summed E-state index contributed by atoms with van der Waals surface area (Å²) in [5.41, 5.74) is 4.54. The molecule has 2 aromatic carbocycles. The van der Waals surface area contributed by atoms with Crippen LogP contribution in [-0.2, 0) is 0 Å². The van der Waals surface area contributed by atoms with Crippen LogP contribution in [0.3, 0.4) is 0 Å². The van der Waals surface area contributed by atoms with Gasteiger partial charge in [-0.1, -0.05) is 52.7 Å². The van der Waals surface area contributed by atoms with Crippen LogP contribution in [0.25, 0.3) is 22.1 Å². The molecule has 0 aliphatic rings. The number of aryl methyl sites for hydroxylation is 2. The van der Waals surface area contributed by atoms with Crippen molar-refractivity contribution in [3.63, 3.8) is 0 Å². The Balaban J connectivity index is 2.05. The fourth-order valence-corrected chi connectivity index (χ4v) is 4.22. The maximum atomic E-state index is 12.9. The molecule has 0 aliphatic heterocycles. The highest BCUT2D eigenvalue weighted by atomic mass is 35.5. The van der Waals surface area contributed by atoms with Crippen LogP contribution in [0, 0.1) is 13.8 Å². The molecule has 0 saturated heterocycles. The second kappa shape index (κ2) is 5.59. The Morgan fingerprint density at radius 1 is 1.21 bits per heavy atom. The lowest BCUT2D eigenvalue weighted by Gasteiger charge is -1.99. The number of hydrogen-bond acceptors (Lipinski definition) is 3. The van der Waals surface area contributed by atoms with Gasteiger partial charge in [0.25, 0.3) is 5.56 Å². The van der Waals surface area contributed by atoms with Gasteiger partial charge in [0.1, 0.15) is 0 Å². The van der Waals surface area contributed by atoms with Crippen molar-refractivity contribution in [1.29, 1.82) is 0 Å². The first-order valence-electron chi connectivity index (χ1n) is 7.33. The fourth-order valence-electron chi connectivity index (χ4n) is 2.88. The third-order valence-corrected chi connectivity index (χ3v) is 5.75. The van der Waals surface area contributed by atoms with Crippen LogP contribution in [0.2, 0.25) is 10.0 Å². The molecule has 0 aliphatic carbocycles. The zero-order valence-corrected chi connectivity index (χ0v) is 15.3. The summed E-state index contributed by atoms with van der Waals surface area (Å²) in [6, 6.07) is 9.43. The summed E-state index contributed by atoms with van der Waals surface area (Å²) in [4.78, 5) is 18.2. The summed E-state index contributed by atoms with van der Waals surface area (Å²) in [7, 11) is 0. The predicted molar refractivity (Wildman–Crippen MR) is 102 cm³/mol. The van der Waals surface area contributed by atoms with Gasteiger partial charge in [0.05, 0.1) is 25.6 Å². The van der Waals surface area contributed by atoms with E-state index in [0.29, 0.717) is 19.5 Å². The second-order valence-electron chi connectivity index (χ2n) is 5.74. The van der Waals surface area contributed by atoms with E-state index in [1.165, 1.54) is 11.3 Å². The zero-order chi connectivity index (χ0) is 17.0.